The van der Waals surface area contributed by atoms with Gasteiger partial charge in [-0.25, -0.2) is 4.39 Å². The van der Waals surface area contributed by atoms with E-state index in [0.717, 1.165) is 24.0 Å². The molecule has 0 aliphatic carbocycles. The second-order valence-corrected chi connectivity index (χ2v) is 7.79. The summed E-state index contributed by atoms with van der Waals surface area (Å²) in [6, 6.07) is 3.37. The van der Waals surface area contributed by atoms with Crippen molar-refractivity contribution in [3.63, 3.8) is 0 Å². The molecular weight excluding hydrogens is 337 g/mol. The smallest absolute Gasteiger partial charge is 0.399 e. The van der Waals surface area contributed by atoms with Crippen molar-refractivity contribution in [3.8, 4) is 0 Å². The fourth-order valence-corrected chi connectivity index (χ4v) is 2.67. The van der Waals surface area contributed by atoms with Gasteiger partial charge in [-0.2, -0.15) is 13.2 Å². The second kappa shape index (κ2) is 5.96. The summed E-state index contributed by atoms with van der Waals surface area (Å²) in [5.74, 6) is -0.662. The number of halogens is 4. The van der Waals surface area contributed by atoms with E-state index in [4.69, 9.17) is 9.31 Å². The van der Waals surface area contributed by atoms with Gasteiger partial charge in [-0.05, 0) is 60.3 Å². The summed E-state index contributed by atoms with van der Waals surface area (Å²) in [7, 11) is 1.61. The maximum absolute atomic E-state index is 14.4. The molecule has 1 aromatic rings. The highest BCUT2D eigenvalue weighted by molar-refractivity contribution is 6.62. The summed E-state index contributed by atoms with van der Waals surface area (Å²) in [6.45, 7) is 8.26. The molecule has 1 fully saturated rings. The first kappa shape index (κ1) is 20.2. The van der Waals surface area contributed by atoms with Crippen molar-refractivity contribution in [1.82, 2.24) is 4.90 Å². The first-order valence-corrected chi connectivity index (χ1v) is 8.03. The number of nitrogens with zero attached hydrogens (tertiary/aromatic N) is 1. The molecule has 1 atom stereocenters. The van der Waals surface area contributed by atoms with E-state index in [-0.39, 0.29) is 11.0 Å². The van der Waals surface area contributed by atoms with Crippen LogP contribution in [0.25, 0.3) is 0 Å². The van der Waals surface area contributed by atoms with Crippen LogP contribution in [-0.2, 0) is 14.8 Å². The van der Waals surface area contributed by atoms with Crippen molar-refractivity contribution < 1.29 is 26.9 Å². The minimum absolute atomic E-state index is 0.0338. The fourth-order valence-electron chi connectivity index (χ4n) is 2.67. The average Bonchev–Trinajstić information content (AvgIpc) is 2.65. The van der Waals surface area contributed by atoms with Gasteiger partial charge in [0.05, 0.1) is 11.2 Å². The standard InChI is InChI=1S/C17H24BF4NO2/c1-14(2)15(3,4)25-18(24-14)12-10-11(8-9-13(12)19)16(5,23(6)7)17(20,21)22/h8-10H,1-7H3. The van der Waals surface area contributed by atoms with E-state index in [1.54, 1.807) is 27.7 Å². The lowest BCUT2D eigenvalue weighted by Gasteiger charge is -2.38. The van der Waals surface area contributed by atoms with Crippen LogP contribution in [0, 0.1) is 5.82 Å². The molecular formula is C17H24BF4NO2. The molecule has 0 aromatic heterocycles. The third-order valence-electron chi connectivity index (χ3n) is 5.51. The van der Waals surface area contributed by atoms with E-state index in [1.807, 2.05) is 0 Å². The molecule has 140 valence electrons. The van der Waals surface area contributed by atoms with Crippen LogP contribution in [0.2, 0.25) is 0 Å². The summed E-state index contributed by atoms with van der Waals surface area (Å²) in [5, 5.41) is 0. The zero-order valence-electron chi connectivity index (χ0n) is 15.6. The summed E-state index contributed by atoms with van der Waals surface area (Å²) in [4.78, 5) is 1.06. The van der Waals surface area contributed by atoms with Gasteiger partial charge in [-0.15, -0.1) is 0 Å². The largest absolute Gasteiger partial charge is 0.497 e. The lowest BCUT2D eigenvalue weighted by Crippen LogP contribution is -2.51. The Labute approximate surface area is 146 Å². The normalized spacial score (nSPS) is 22.3. The Balaban J connectivity index is 2.53. The molecule has 0 N–H and O–H groups in total. The van der Waals surface area contributed by atoms with Gasteiger partial charge in [0.2, 0.25) is 0 Å². The highest BCUT2D eigenvalue weighted by Gasteiger charge is 2.56. The quantitative estimate of drug-likeness (QED) is 0.608. The molecule has 0 bridgehead atoms. The summed E-state index contributed by atoms with van der Waals surface area (Å²) in [6.07, 6.45) is -4.54. The van der Waals surface area contributed by atoms with Crippen molar-refractivity contribution in [1.29, 1.82) is 0 Å². The Kier molecular flexibility index (Phi) is 4.82. The van der Waals surface area contributed by atoms with Gasteiger partial charge < -0.3 is 9.31 Å². The van der Waals surface area contributed by atoms with Crippen LogP contribution >= 0.6 is 0 Å². The third-order valence-corrected chi connectivity index (χ3v) is 5.51. The molecule has 2 rings (SSSR count). The van der Waals surface area contributed by atoms with Crippen LogP contribution < -0.4 is 5.46 Å². The lowest BCUT2D eigenvalue weighted by molar-refractivity contribution is -0.223. The maximum Gasteiger partial charge on any atom is 0.497 e. The first-order chi connectivity index (χ1) is 11.1. The Hall–Kier alpha value is -1.12. The summed E-state index contributed by atoms with van der Waals surface area (Å²) < 4.78 is 67.0. The SMILES string of the molecule is CN(C)C(C)(c1ccc(F)c(B2OC(C)(C)C(C)(C)O2)c1)C(F)(F)F. The highest BCUT2D eigenvalue weighted by Crippen LogP contribution is 2.42. The molecule has 25 heavy (non-hydrogen) atoms. The molecule has 0 saturated carbocycles. The summed E-state index contributed by atoms with van der Waals surface area (Å²) in [5.41, 5.74) is -3.80. The number of benzene rings is 1. The van der Waals surface area contributed by atoms with Crippen molar-refractivity contribution in [2.45, 2.75) is 57.5 Å². The Bertz CT molecular complexity index is 645. The molecule has 1 saturated heterocycles. The molecule has 1 aliphatic rings. The number of rotatable bonds is 3. The zero-order chi connectivity index (χ0) is 19.4. The minimum atomic E-state index is -4.54. The molecule has 0 amide bonds. The van der Waals surface area contributed by atoms with Gasteiger partial charge in [-0.3, -0.25) is 4.90 Å². The van der Waals surface area contributed by atoms with Crippen molar-refractivity contribution in [3.05, 3.63) is 29.6 Å². The van der Waals surface area contributed by atoms with Crippen LogP contribution in [0.5, 0.6) is 0 Å². The van der Waals surface area contributed by atoms with E-state index >= 15 is 0 Å². The first-order valence-electron chi connectivity index (χ1n) is 8.03. The van der Waals surface area contributed by atoms with E-state index in [0.29, 0.717) is 0 Å². The Morgan fingerprint density at radius 1 is 1.00 bits per heavy atom. The van der Waals surface area contributed by atoms with Crippen LogP contribution in [0.3, 0.4) is 0 Å². The summed E-state index contributed by atoms with van der Waals surface area (Å²) >= 11 is 0. The molecule has 1 aliphatic heterocycles. The van der Waals surface area contributed by atoms with E-state index in [2.05, 4.69) is 0 Å². The monoisotopic (exact) mass is 361 g/mol. The van der Waals surface area contributed by atoms with Crippen molar-refractivity contribution in [2.24, 2.45) is 0 Å². The highest BCUT2D eigenvalue weighted by atomic mass is 19.4. The van der Waals surface area contributed by atoms with Crippen LogP contribution in [0.1, 0.15) is 40.2 Å². The number of hydrogen-bond donors (Lipinski definition) is 0. The van der Waals surface area contributed by atoms with Crippen LogP contribution in [0.15, 0.2) is 18.2 Å². The van der Waals surface area contributed by atoms with Gasteiger partial charge in [0, 0.05) is 5.46 Å². The van der Waals surface area contributed by atoms with Gasteiger partial charge in [0.1, 0.15) is 11.4 Å². The van der Waals surface area contributed by atoms with Crippen LogP contribution in [-0.4, -0.2) is 43.5 Å². The minimum Gasteiger partial charge on any atom is -0.399 e. The predicted molar refractivity (Wildman–Crippen MR) is 89.2 cm³/mol. The topological polar surface area (TPSA) is 21.7 Å². The second-order valence-electron chi connectivity index (χ2n) is 7.79. The van der Waals surface area contributed by atoms with Crippen molar-refractivity contribution in [2.75, 3.05) is 14.1 Å². The molecule has 8 heteroatoms. The molecule has 0 spiro atoms. The van der Waals surface area contributed by atoms with Crippen molar-refractivity contribution >= 4 is 12.6 Å². The van der Waals surface area contributed by atoms with Crippen LogP contribution in [0.4, 0.5) is 17.6 Å². The van der Waals surface area contributed by atoms with Gasteiger partial charge in [-0.1, -0.05) is 12.1 Å². The maximum atomic E-state index is 14.4. The molecule has 3 nitrogen and oxygen atoms in total. The lowest BCUT2D eigenvalue weighted by atomic mass is 9.75. The molecule has 1 heterocycles. The fraction of sp³-hybridized carbons (Fsp3) is 0.647. The Morgan fingerprint density at radius 2 is 1.48 bits per heavy atom. The van der Waals surface area contributed by atoms with E-state index in [1.165, 1.54) is 20.2 Å². The van der Waals surface area contributed by atoms with Gasteiger partial charge in [0.15, 0.2) is 0 Å². The van der Waals surface area contributed by atoms with Gasteiger partial charge >= 0.3 is 13.3 Å². The third kappa shape index (κ3) is 3.20. The average molecular weight is 361 g/mol. The zero-order valence-corrected chi connectivity index (χ0v) is 15.6. The molecule has 0 radical (unpaired) electrons. The Morgan fingerprint density at radius 3 is 1.88 bits per heavy atom. The van der Waals surface area contributed by atoms with E-state index < -0.39 is 35.9 Å². The number of hydrogen-bond acceptors (Lipinski definition) is 3. The molecule has 1 unspecified atom stereocenters. The number of alkyl halides is 3. The predicted octanol–water partition coefficient (Wildman–Crippen LogP) is 3.46. The molecule has 1 aromatic carbocycles. The van der Waals surface area contributed by atoms with E-state index in [9.17, 15) is 17.6 Å². The van der Waals surface area contributed by atoms with Gasteiger partial charge in [0.25, 0.3) is 0 Å².